The smallest absolute Gasteiger partial charge is 0.222 e. The van der Waals surface area contributed by atoms with Gasteiger partial charge in [0.2, 0.25) is 5.91 Å². The second-order valence-corrected chi connectivity index (χ2v) is 6.96. The first-order valence-electron chi connectivity index (χ1n) is 9.46. The van der Waals surface area contributed by atoms with Crippen molar-refractivity contribution in [2.24, 2.45) is 0 Å². The summed E-state index contributed by atoms with van der Waals surface area (Å²) in [6.45, 7) is 1.45. The van der Waals surface area contributed by atoms with Crippen LogP contribution in [0.1, 0.15) is 42.2 Å². The number of fused-ring (bicyclic) bond motifs is 1. The molecule has 1 aromatic carbocycles. The quantitative estimate of drug-likeness (QED) is 0.578. The van der Waals surface area contributed by atoms with Crippen LogP contribution in [-0.2, 0) is 11.2 Å². The lowest BCUT2D eigenvalue weighted by atomic mass is 10.0. The average molecular weight is 374 g/mol. The number of hydrogen-bond donors (Lipinski definition) is 3. The summed E-state index contributed by atoms with van der Waals surface area (Å²) in [6, 6.07) is 13.5. The number of carbonyl (C=O) groups excluding carboxylic acids is 2. The topological polar surface area (TPSA) is 86.9 Å². The Hall–Kier alpha value is -3.41. The van der Waals surface area contributed by atoms with Gasteiger partial charge in [0.05, 0.1) is 16.9 Å². The van der Waals surface area contributed by atoms with Crippen LogP contribution in [0.15, 0.2) is 48.7 Å². The first kappa shape index (κ1) is 18.0. The number of benzene rings is 1. The summed E-state index contributed by atoms with van der Waals surface area (Å²) in [5.74, 6) is 0.459. The Bertz CT molecular complexity index is 1020. The predicted octanol–water partition coefficient (Wildman–Crippen LogP) is 4.69. The van der Waals surface area contributed by atoms with Gasteiger partial charge in [-0.15, -0.1) is 0 Å². The molecule has 0 saturated carbocycles. The Kier molecular flexibility index (Phi) is 4.93. The van der Waals surface area contributed by atoms with Gasteiger partial charge in [-0.2, -0.15) is 0 Å². The largest absolute Gasteiger partial charge is 0.356 e. The van der Waals surface area contributed by atoms with Crippen LogP contribution >= 0.6 is 0 Å². The van der Waals surface area contributed by atoms with Gasteiger partial charge in [0, 0.05) is 36.5 Å². The van der Waals surface area contributed by atoms with E-state index in [-0.39, 0.29) is 11.7 Å². The number of aryl methyl sites for hydroxylation is 1. The third-order valence-corrected chi connectivity index (χ3v) is 4.83. The molecule has 0 atom stereocenters. The first-order valence-corrected chi connectivity index (χ1v) is 9.46. The number of hydrogen-bond acceptors (Lipinski definition) is 4. The van der Waals surface area contributed by atoms with E-state index in [1.165, 1.54) is 6.92 Å². The first-order chi connectivity index (χ1) is 13.6. The number of nitrogens with zero attached hydrogens (tertiary/aromatic N) is 1. The number of H-pyrrole nitrogens is 1. The number of aromatic amines is 1. The van der Waals surface area contributed by atoms with Gasteiger partial charge >= 0.3 is 0 Å². The van der Waals surface area contributed by atoms with Gasteiger partial charge in [-0.25, -0.2) is 4.98 Å². The van der Waals surface area contributed by atoms with Gasteiger partial charge in [-0.05, 0) is 43.5 Å². The molecule has 0 aliphatic heterocycles. The van der Waals surface area contributed by atoms with Crippen LogP contribution in [-0.4, -0.2) is 21.7 Å². The fraction of sp³-hybridized carbons (Fsp3) is 0.227. The number of rotatable bonds is 4. The Morgan fingerprint density at radius 1 is 1.11 bits per heavy atom. The minimum atomic E-state index is -0.176. The SMILES string of the molecule is CC(=O)Nc1cc(-c2[nH]c3c(c2Nc2ccccc2)C(=O)CCCC3)ccn1. The molecule has 28 heavy (non-hydrogen) atoms. The lowest BCUT2D eigenvalue weighted by Crippen LogP contribution is -2.07. The molecule has 3 aromatic rings. The molecule has 3 N–H and O–H groups in total. The van der Waals surface area contributed by atoms with Gasteiger partial charge < -0.3 is 15.6 Å². The van der Waals surface area contributed by atoms with E-state index in [1.54, 1.807) is 6.20 Å². The van der Waals surface area contributed by atoms with Gasteiger partial charge in [0.15, 0.2) is 5.78 Å². The Balaban J connectivity index is 1.84. The van der Waals surface area contributed by atoms with E-state index in [0.717, 1.165) is 53.2 Å². The molecular formula is C22H22N4O2. The van der Waals surface area contributed by atoms with Crippen LogP contribution in [0.2, 0.25) is 0 Å². The number of pyridine rings is 1. The van der Waals surface area contributed by atoms with Crippen LogP contribution in [0.25, 0.3) is 11.3 Å². The summed E-state index contributed by atoms with van der Waals surface area (Å²) >= 11 is 0. The molecule has 0 saturated heterocycles. The lowest BCUT2D eigenvalue weighted by molar-refractivity contribution is -0.114. The van der Waals surface area contributed by atoms with Crippen molar-refractivity contribution in [3.05, 3.63) is 59.9 Å². The molecular weight excluding hydrogens is 352 g/mol. The van der Waals surface area contributed by atoms with Gasteiger partial charge in [0.25, 0.3) is 0 Å². The van der Waals surface area contributed by atoms with Crippen molar-refractivity contribution in [2.75, 3.05) is 10.6 Å². The number of Topliss-reactive ketones (excluding diaryl/α,β-unsaturated/α-hetero) is 1. The van der Waals surface area contributed by atoms with Gasteiger partial charge in [0.1, 0.15) is 5.82 Å². The highest BCUT2D eigenvalue weighted by Gasteiger charge is 2.26. The van der Waals surface area contributed by atoms with Crippen molar-refractivity contribution in [2.45, 2.75) is 32.6 Å². The number of carbonyl (C=O) groups is 2. The molecule has 0 bridgehead atoms. The van der Waals surface area contributed by atoms with E-state index in [2.05, 4.69) is 20.6 Å². The number of anilines is 3. The Morgan fingerprint density at radius 3 is 2.68 bits per heavy atom. The summed E-state index contributed by atoms with van der Waals surface area (Å²) in [5, 5.41) is 6.15. The molecule has 0 unspecified atom stereocenters. The van der Waals surface area contributed by atoms with Crippen molar-refractivity contribution in [1.29, 1.82) is 0 Å². The fourth-order valence-corrected chi connectivity index (χ4v) is 3.60. The molecule has 1 aliphatic rings. The van der Waals surface area contributed by atoms with Crippen molar-refractivity contribution in [3.63, 3.8) is 0 Å². The van der Waals surface area contributed by atoms with Crippen LogP contribution in [0.4, 0.5) is 17.2 Å². The maximum absolute atomic E-state index is 12.8. The maximum Gasteiger partial charge on any atom is 0.222 e. The maximum atomic E-state index is 12.8. The monoisotopic (exact) mass is 374 g/mol. The Morgan fingerprint density at radius 2 is 1.89 bits per heavy atom. The van der Waals surface area contributed by atoms with Crippen LogP contribution in [0.3, 0.4) is 0 Å². The molecule has 0 spiro atoms. The van der Waals surface area contributed by atoms with Crippen molar-refractivity contribution in [1.82, 2.24) is 9.97 Å². The van der Waals surface area contributed by atoms with E-state index < -0.39 is 0 Å². The lowest BCUT2D eigenvalue weighted by Gasteiger charge is -2.11. The summed E-state index contributed by atoms with van der Waals surface area (Å²) in [4.78, 5) is 31.9. The highest BCUT2D eigenvalue weighted by atomic mass is 16.1. The van der Waals surface area contributed by atoms with Crippen molar-refractivity contribution >= 4 is 28.9 Å². The number of amides is 1. The number of nitrogens with one attached hydrogen (secondary N) is 3. The van der Waals surface area contributed by atoms with Crippen molar-refractivity contribution < 1.29 is 9.59 Å². The van der Waals surface area contributed by atoms with E-state index >= 15 is 0 Å². The van der Waals surface area contributed by atoms with E-state index in [1.807, 2.05) is 42.5 Å². The molecule has 142 valence electrons. The molecule has 6 heteroatoms. The van der Waals surface area contributed by atoms with Crippen LogP contribution in [0, 0.1) is 0 Å². The molecule has 0 fully saturated rings. The zero-order valence-electron chi connectivity index (χ0n) is 15.7. The third kappa shape index (κ3) is 3.67. The molecule has 2 heterocycles. The minimum absolute atomic E-state index is 0.157. The standard InChI is InChI=1S/C22H22N4O2/c1-14(27)24-19-13-15(11-12-23-19)21-22(25-16-7-3-2-4-8-16)20-17(26-21)9-5-6-10-18(20)28/h2-4,7-8,11-13,25-26H,5-6,9-10H2,1H3,(H,23,24,27). The molecule has 2 aromatic heterocycles. The normalized spacial score (nSPS) is 13.5. The predicted molar refractivity (Wildman–Crippen MR) is 110 cm³/mol. The van der Waals surface area contributed by atoms with Crippen molar-refractivity contribution in [3.8, 4) is 11.3 Å². The average Bonchev–Trinajstić information content (AvgIpc) is 2.93. The molecule has 6 nitrogen and oxygen atoms in total. The molecule has 4 rings (SSSR count). The summed E-state index contributed by atoms with van der Waals surface area (Å²) in [6.07, 6.45) is 4.94. The number of para-hydroxylation sites is 1. The zero-order chi connectivity index (χ0) is 19.5. The highest BCUT2D eigenvalue weighted by molar-refractivity contribution is 6.07. The second kappa shape index (κ2) is 7.68. The molecule has 1 amide bonds. The molecule has 0 radical (unpaired) electrons. The van der Waals surface area contributed by atoms with Crippen LogP contribution < -0.4 is 10.6 Å². The van der Waals surface area contributed by atoms with E-state index in [0.29, 0.717) is 12.2 Å². The second-order valence-electron chi connectivity index (χ2n) is 6.96. The van der Waals surface area contributed by atoms with E-state index in [9.17, 15) is 9.59 Å². The fourth-order valence-electron chi connectivity index (χ4n) is 3.60. The van der Waals surface area contributed by atoms with Gasteiger partial charge in [-0.1, -0.05) is 18.2 Å². The third-order valence-electron chi connectivity index (χ3n) is 4.83. The summed E-state index contributed by atoms with van der Waals surface area (Å²) in [5.41, 5.74) is 5.10. The molecule has 1 aliphatic carbocycles. The van der Waals surface area contributed by atoms with E-state index in [4.69, 9.17) is 0 Å². The highest BCUT2D eigenvalue weighted by Crippen LogP contribution is 2.38. The summed E-state index contributed by atoms with van der Waals surface area (Å²) in [7, 11) is 0. The minimum Gasteiger partial charge on any atom is -0.356 e. The Labute approximate surface area is 163 Å². The number of aromatic nitrogens is 2. The summed E-state index contributed by atoms with van der Waals surface area (Å²) < 4.78 is 0. The van der Waals surface area contributed by atoms with Gasteiger partial charge in [-0.3, -0.25) is 9.59 Å². The van der Waals surface area contributed by atoms with Crippen LogP contribution in [0.5, 0.6) is 0 Å². The zero-order valence-corrected chi connectivity index (χ0v) is 15.7. The number of ketones is 1.